The van der Waals surface area contributed by atoms with E-state index in [0.717, 1.165) is 6.42 Å². The second-order valence-corrected chi connectivity index (χ2v) is 6.91. The molecule has 1 aliphatic rings. The first-order valence-corrected chi connectivity index (χ1v) is 7.54. The van der Waals surface area contributed by atoms with Crippen LogP contribution < -0.4 is 0 Å². The zero-order chi connectivity index (χ0) is 13.3. The molecular weight excluding hydrogens is 254 g/mol. The van der Waals surface area contributed by atoms with Crippen LogP contribution in [0.1, 0.15) is 25.8 Å². The molecule has 102 valence electrons. The number of hydrogen-bond donors (Lipinski definition) is 2. The van der Waals surface area contributed by atoms with Crippen molar-refractivity contribution in [1.82, 2.24) is 14.5 Å². The molecule has 0 aliphatic carbocycles. The molecule has 18 heavy (non-hydrogen) atoms. The average Bonchev–Trinajstić information content (AvgIpc) is 2.98. The van der Waals surface area contributed by atoms with Gasteiger partial charge in [-0.1, -0.05) is 13.8 Å². The molecule has 2 heterocycles. The molecule has 6 nitrogen and oxygen atoms in total. The molecule has 1 saturated heterocycles. The molecule has 0 amide bonds. The van der Waals surface area contributed by atoms with Gasteiger partial charge in [0.1, 0.15) is 0 Å². The molecule has 1 aromatic heterocycles. The molecule has 0 spiro atoms. The molecule has 0 saturated carbocycles. The molecule has 0 aromatic carbocycles. The Balaban J connectivity index is 2.23. The number of H-pyrrole nitrogens is 1. The lowest BCUT2D eigenvalue weighted by atomic mass is 9.96. The van der Waals surface area contributed by atoms with Gasteiger partial charge in [0.2, 0.25) is 0 Å². The molecule has 2 rings (SSSR count). The Kier molecular flexibility index (Phi) is 3.74. The summed E-state index contributed by atoms with van der Waals surface area (Å²) >= 11 is 0. The predicted octanol–water partition coefficient (Wildman–Crippen LogP) is 0.569. The number of aromatic amines is 1. The van der Waals surface area contributed by atoms with Crippen molar-refractivity contribution < 1.29 is 13.5 Å². The van der Waals surface area contributed by atoms with Gasteiger partial charge in [0.15, 0.2) is 5.03 Å². The van der Waals surface area contributed by atoms with Crippen LogP contribution in [-0.4, -0.2) is 41.1 Å². The van der Waals surface area contributed by atoms with E-state index in [9.17, 15) is 8.42 Å². The summed E-state index contributed by atoms with van der Waals surface area (Å²) in [6, 6.07) is 0. The van der Waals surface area contributed by atoms with Crippen LogP contribution in [-0.2, 0) is 16.6 Å². The first kappa shape index (κ1) is 13.5. The van der Waals surface area contributed by atoms with Gasteiger partial charge in [0.05, 0.1) is 12.8 Å². The van der Waals surface area contributed by atoms with Gasteiger partial charge in [-0.2, -0.15) is 9.40 Å². The van der Waals surface area contributed by atoms with E-state index in [0.29, 0.717) is 30.5 Å². The zero-order valence-corrected chi connectivity index (χ0v) is 11.4. The summed E-state index contributed by atoms with van der Waals surface area (Å²) in [4.78, 5) is 0. The maximum Gasteiger partial charge on any atom is 0.260 e. The summed E-state index contributed by atoms with van der Waals surface area (Å²) in [5.74, 6) is 0.879. The second-order valence-electron chi connectivity index (χ2n) is 5.04. The summed E-state index contributed by atoms with van der Waals surface area (Å²) in [6.45, 7) is 4.97. The Hall–Kier alpha value is -0.920. The summed E-state index contributed by atoms with van der Waals surface area (Å²) in [5, 5.41) is 15.3. The van der Waals surface area contributed by atoms with Crippen molar-refractivity contribution in [3.63, 3.8) is 0 Å². The minimum absolute atomic E-state index is 0.0226. The van der Waals surface area contributed by atoms with E-state index in [1.807, 2.05) is 0 Å². The smallest absolute Gasteiger partial charge is 0.260 e. The minimum Gasteiger partial charge on any atom is -0.392 e. The Labute approximate surface area is 107 Å². The average molecular weight is 273 g/mol. The fourth-order valence-electron chi connectivity index (χ4n) is 2.28. The highest BCUT2D eigenvalue weighted by Gasteiger charge is 2.35. The van der Waals surface area contributed by atoms with Crippen LogP contribution in [0.2, 0.25) is 0 Å². The van der Waals surface area contributed by atoms with Crippen LogP contribution >= 0.6 is 0 Å². The number of aliphatic hydroxyl groups excluding tert-OH is 1. The van der Waals surface area contributed by atoms with Crippen molar-refractivity contribution >= 4 is 10.0 Å². The number of aliphatic hydroxyl groups is 1. The first-order chi connectivity index (χ1) is 8.46. The lowest BCUT2D eigenvalue weighted by Gasteiger charge is -2.17. The van der Waals surface area contributed by atoms with Gasteiger partial charge in [-0.15, -0.1) is 0 Å². The fraction of sp³-hybridized carbons (Fsp3) is 0.727. The number of sulfonamides is 1. The molecule has 1 atom stereocenters. The monoisotopic (exact) mass is 273 g/mol. The molecular formula is C11H19N3O3S. The highest BCUT2D eigenvalue weighted by atomic mass is 32.2. The lowest BCUT2D eigenvalue weighted by Crippen LogP contribution is -2.30. The third kappa shape index (κ3) is 2.30. The van der Waals surface area contributed by atoms with E-state index in [4.69, 9.17) is 5.11 Å². The number of hydrogen-bond acceptors (Lipinski definition) is 4. The first-order valence-electron chi connectivity index (χ1n) is 6.10. The summed E-state index contributed by atoms with van der Waals surface area (Å²) in [7, 11) is -3.55. The Morgan fingerprint density at radius 3 is 2.89 bits per heavy atom. The van der Waals surface area contributed by atoms with Gasteiger partial charge in [-0.25, -0.2) is 8.42 Å². The highest BCUT2D eigenvalue weighted by Crippen LogP contribution is 2.28. The third-order valence-corrected chi connectivity index (χ3v) is 5.46. The van der Waals surface area contributed by atoms with Crippen molar-refractivity contribution in [2.75, 3.05) is 13.1 Å². The van der Waals surface area contributed by atoms with E-state index in [2.05, 4.69) is 24.0 Å². The Morgan fingerprint density at radius 2 is 2.33 bits per heavy atom. The van der Waals surface area contributed by atoms with Gasteiger partial charge in [0, 0.05) is 18.7 Å². The van der Waals surface area contributed by atoms with Gasteiger partial charge in [-0.3, -0.25) is 5.10 Å². The standard InChI is InChI=1S/C11H19N3O3S/c1-8(2)9-3-4-14(6-9)18(16,17)11-10(7-15)5-12-13-11/h5,8-9,15H,3-4,6-7H2,1-2H3,(H,12,13). The van der Waals surface area contributed by atoms with Crippen LogP contribution in [0.25, 0.3) is 0 Å². The quantitative estimate of drug-likeness (QED) is 0.839. The number of aromatic nitrogens is 2. The number of nitrogens with zero attached hydrogens (tertiary/aromatic N) is 2. The third-order valence-electron chi connectivity index (χ3n) is 3.58. The maximum absolute atomic E-state index is 12.4. The van der Waals surface area contributed by atoms with Gasteiger partial charge < -0.3 is 5.11 Å². The molecule has 1 fully saturated rings. The largest absolute Gasteiger partial charge is 0.392 e. The Bertz CT molecular complexity index is 509. The zero-order valence-electron chi connectivity index (χ0n) is 10.6. The molecule has 7 heteroatoms. The number of rotatable bonds is 4. The van der Waals surface area contributed by atoms with Crippen LogP contribution in [0.5, 0.6) is 0 Å². The minimum atomic E-state index is -3.55. The van der Waals surface area contributed by atoms with Gasteiger partial charge >= 0.3 is 0 Å². The molecule has 1 aliphatic heterocycles. The SMILES string of the molecule is CC(C)C1CCN(S(=O)(=O)c2[nH]ncc2CO)C1. The summed E-state index contributed by atoms with van der Waals surface area (Å²) in [6.07, 6.45) is 2.24. The predicted molar refractivity (Wildman–Crippen MR) is 66.2 cm³/mol. The maximum atomic E-state index is 12.4. The van der Waals surface area contributed by atoms with E-state index in [1.54, 1.807) is 0 Å². The molecule has 0 radical (unpaired) electrons. The van der Waals surface area contributed by atoms with Crippen LogP contribution in [0.3, 0.4) is 0 Å². The van der Waals surface area contributed by atoms with Crippen LogP contribution in [0.4, 0.5) is 0 Å². The molecule has 1 aromatic rings. The molecule has 1 unspecified atom stereocenters. The van der Waals surface area contributed by atoms with Crippen molar-refractivity contribution in [1.29, 1.82) is 0 Å². The molecule has 2 N–H and O–H groups in total. The van der Waals surface area contributed by atoms with E-state index >= 15 is 0 Å². The summed E-state index contributed by atoms with van der Waals surface area (Å²) in [5.41, 5.74) is 0.322. The van der Waals surface area contributed by atoms with E-state index in [-0.39, 0.29) is 11.6 Å². The van der Waals surface area contributed by atoms with E-state index < -0.39 is 10.0 Å². The Morgan fingerprint density at radius 1 is 1.61 bits per heavy atom. The fourth-order valence-corrected chi connectivity index (χ4v) is 3.89. The van der Waals surface area contributed by atoms with Crippen molar-refractivity contribution in [2.45, 2.75) is 31.9 Å². The number of nitrogens with one attached hydrogen (secondary N) is 1. The molecule has 0 bridgehead atoms. The van der Waals surface area contributed by atoms with Crippen molar-refractivity contribution in [3.8, 4) is 0 Å². The summed E-state index contributed by atoms with van der Waals surface area (Å²) < 4.78 is 26.3. The van der Waals surface area contributed by atoms with Crippen molar-refractivity contribution in [2.24, 2.45) is 11.8 Å². The normalized spacial score (nSPS) is 21.9. The van der Waals surface area contributed by atoms with Crippen LogP contribution in [0.15, 0.2) is 11.2 Å². The lowest BCUT2D eigenvalue weighted by molar-refractivity contribution is 0.278. The highest BCUT2D eigenvalue weighted by molar-refractivity contribution is 7.89. The van der Waals surface area contributed by atoms with Crippen LogP contribution in [0, 0.1) is 11.8 Å². The van der Waals surface area contributed by atoms with Gasteiger partial charge in [0.25, 0.3) is 10.0 Å². The van der Waals surface area contributed by atoms with Gasteiger partial charge in [-0.05, 0) is 18.3 Å². The second kappa shape index (κ2) is 4.99. The van der Waals surface area contributed by atoms with E-state index in [1.165, 1.54) is 10.5 Å². The topological polar surface area (TPSA) is 86.3 Å². The van der Waals surface area contributed by atoms with Crippen molar-refractivity contribution in [3.05, 3.63) is 11.8 Å².